The summed E-state index contributed by atoms with van der Waals surface area (Å²) in [5, 5.41) is 23.0. The van der Waals surface area contributed by atoms with Gasteiger partial charge in [-0.25, -0.2) is 0 Å². The molecule has 24 heavy (non-hydrogen) atoms. The monoisotopic (exact) mass is 335 g/mol. The van der Waals surface area contributed by atoms with Gasteiger partial charge in [0.05, 0.1) is 12.7 Å². The number of fused-ring (bicyclic) bond motifs is 5. The van der Waals surface area contributed by atoms with E-state index in [1.165, 1.54) is 44.9 Å². The molecule has 3 N–H and O–H groups in total. The maximum Gasteiger partial charge on any atom is 0.0556 e. The summed E-state index contributed by atoms with van der Waals surface area (Å²) in [6.07, 6.45) is 11.4. The molecular formula is C21H37NO2. The van der Waals surface area contributed by atoms with E-state index in [0.717, 1.165) is 43.1 Å². The van der Waals surface area contributed by atoms with Gasteiger partial charge in [-0.1, -0.05) is 13.8 Å². The molecule has 8 atom stereocenters. The Morgan fingerprint density at radius 2 is 1.67 bits per heavy atom. The van der Waals surface area contributed by atoms with Crippen LogP contribution in [0.25, 0.3) is 0 Å². The molecule has 0 spiro atoms. The molecule has 0 amide bonds. The maximum absolute atomic E-state index is 10.1. The second-order valence-corrected chi connectivity index (χ2v) is 9.94. The van der Waals surface area contributed by atoms with E-state index in [2.05, 4.69) is 19.2 Å². The smallest absolute Gasteiger partial charge is 0.0556 e. The van der Waals surface area contributed by atoms with Crippen LogP contribution in [0, 0.1) is 34.5 Å². The van der Waals surface area contributed by atoms with Gasteiger partial charge >= 0.3 is 0 Å². The van der Waals surface area contributed by atoms with Gasteiger partial charge < -0.3 is 15.5 Å². The summed E-state index contributed by atoms with van der Waals surface area (Å²) in [5.74, 6) is 3.42. The number of aliphatic hydroxyl groups excluding tert-OH is 2. The Morgan fingerprint density at radius 3 is 2.46 bits per heavy atom. The van der Waals surface area contributed by atoms with Crippen molar-refractivity contribution < 1.29 is 10.2 Å². The molecule has 4 rings (SSSR count). The van der Waals surface area contributed by atoms with E-state index in [1.54, 1.807) is 0 Å². The van der Waals surface area contributed by atoms with Crippen molar-refractivity contribution in [3.8, 4) is 0 Å². The van der Waals surface area contributed by atoms with Gasteiger partial charge in [-0.2, -0.15) is 0 Å². The maximum atomic E-state index is 10.1. The number of hydrogen-bond acceptors (Lipinski definition) is 3. The average Bonchev–Trinajstić information content (AvgIpc) is 2.90. The van der Waals surface area contributed by atoms with Gasteiger partial charge in [0.25, 0.3) is 0 Å². The van der Waals surface area contributed by atoms with Gasteiger partial charge in [0.15, 0.2) is 0 Å². The molecule has 0 bridgehead atoms. The van der Waals surface area contributed by atoms with Gasteiger partial charge in [-0.3, -0.25) is 0 Å². The van der Waals surface area contributed by atoms with E-state index in [-0.39, 0.29) is 12.7 Å². The van der Waals surface area contributed by atoms with E-state index in [9.17, 15) is 10.2 Å². The predicted octanol–water partition coefficient (Wildman–Crippen LogP) is 3.34. The molecular weight excluding hydrogens is 298 g/mol. The Kier molecular flexibility index (Phi) is 4.50. The van der Waals surface area contributed by atoms with Crippen LogP contribution in [-0.4, -0.2) is 35.5 Å². The first kappa shape index (κ1) is 17.3. The summed E-state index contributed by atoms with van der Waals surface area (Å²) in [5.41, 5.74) is 0.924. The average molecular weight is 336 g/mol. The summed E-state index contributed by atoms with van der Waals surface area (Å²) >= 11 is 0. The molecule has 3 heteroatoms. The third kappa shape index (κ3) is 2.49. The lowest BCUT2D eigenvalue weighted by atomic mass is 9.45. The summed E-state index contributed by atoms with van der Waals surface area (Å²) in [6, 6.07) is 0.606. The van der Waals surface area contributed by atoms with Crippen molar-refractivity contribution in [2.75, 3.05) is 13.2 Å². The van der Waals surface area contributed by atoms with E-state index < -0.39 is 0 Å². The molecule has 0 aromatic carbocycles. The zero-order chi connectivity index (χ0) is 16.9. The Balaban J connectivity index is 1.54. The molecule has 0 unspecified atom stereocenters. The normalized spacial score (nSPS) is 54.0. The van der Waals surface area contributed by atoms with Crippen molar-refractivity contribution in [3.05, 3.63) is 0 Å². The summed E-state index contributed by atoms with van der Waals surface area (Å²) in [7, 11) is 0. The number of nitrogens with one attached hydrogen (secondary N) is 1. The Labute approximate surface area is 147 Å². The van der Waals surface area contributed by atoms with Crippen molar-refractivity contribution in [1.82, 2.24) is 5.32 Å². The van der Waals surface area contributed by atoms with Crippen LogP contribution in [0.2, 0.25) is 0 Å². The highest BCUT2D eigenvalue weighted by Gasteiger charge is 2.59. The second kappa shape index (κ2) is 6.25. The lowest BCUT2D eigenvalue weighted by molar-refractivity contribution is -0.123. The van der Waals surface area contributed by atoms with Gasteiger partial charge in [0, 0.05) is 12.6 Å². The zero-order valence-electron chi connectivity index (χ0n) is 15.6. The second-order valence-electron chi connectivity index (χ2n) is 9.94. The van der Waals surface area contributed by atoms with Crippen molar-refractivity contribution in [1.29, 1.82) is 0 Å². The fourth-order valence-corrected chi connectivity index (χ4v) is 7.81. The standard InChI is InChI=1S/C21H37NO2/c1-20-9-7-15(24)13-14(20)3-4-16-17-5-6-19(22-11-12-23)21(17,2)10-8-18(16)20/h14-19,22-24H,3-13H2,1-2H3/t14-,15-,16-,17-,18-,19-,20-,21-/m0/s1. The molecule has 4 fully saturated rings. The zero-order valence-corrected chi connectivity index (χ0v) is 15.6. The fourth-order valence-electron chi connectivity index (χ4n) is 7.81. The topological polar surface area (TPSA) is 52.5 Å². The molecule has 4 aliphatic carbocycles. The highest BCUT2D eigenvalue weighted by atomic mass is 16.3. The van der Waals surface area contributed by atoms with E-state index in [0.29, 0.717) is 16.9 Å². The minimum atomic E-state index is -0.0352. The van der Waals surface area contributed by atoms with Crippen LogP contribution in [0.1, 0.15) is 71.6 Å². The molecule has 0 radical (unpaired) electrons. The number of hydrogen-bond donors (Lipinski definition) is 3. The quantitative estimate of drug-likeness (QED) is 0.741. The third-order valence-corrected chi connectivity index (χ3v) is 9.14. The van der Waals surface area contributed by atoms with Gasteiger partial charge in [-0.05, 0) is 92.3 Å². The molecule has 0 heterocycles. The van der Waals surface area contributed by atoms with Gasteiger partial charge in [0.2, 0.25) is 0 Å². The highest BCUT2D eigenvalue weighted by molar-refractivity contribution is 5.10. The van der Waals surface area contributed by atoms with Crippen LogP contribution in [0.15, 0.2) is 0 Å². The minimum Gasteiger partial charge on any atom is -0.395 e. The first-order chi connectivity index (χ1) is 11.5. The van der Waals surface area contributed by atoms with Crippen molar-refractivity contribution in [2.45, 2.75) is 83.8 Å². The van der Waals surface area contributed by atoms with E-state index in [4.69, 9.17) is 0 Å². The van der Waals surface area contributed by atoms with E-state index in [1.807, 2.05) is 0 Å². The molecule has 0 aromatic heterocycles. The lowest BCUT2D eigenvalue weighted by Crippen LogP contribution is -2.55. The number of rotatable bonds is 3. The van der Waals surface area contributed by atoms with Crippen LogP contribution in [0.3, 0.4) is 0 Å². The molecule has 0 saturated heterocycles. The summed E-state index contributed by atoms with van der Waals surface area (Å²) in [6.45, 7) is 6.11. The van der Waals surface area contributed by atoms with Gasteiger partial charge in [-0.15, -0.1) is 0 Å². The molecule has 4 aliphatic rings. The molecule has 4 saturated carbocycles. The Morgan fingerprint density at radius 1 is 0.917 bits per heavy atom. The first-order valence-electron chi connectivity index (χ1n) is 10.5. The predicted molar refractivity (Wildman–Crippen MR) is 96.6 cm³/mol. The lowest BCUT2D eigenvalue weighted by Gasteiger charge is -2.61. The molecule has 138 valence electrons. The highest BCUT2D eigenvalue weighted by Crippen LogP contribution is 2.66. The van der Waals surface area contributed by atoms with Crippen LogP contribution in [0.4, 0.5) is 0 Å². The summed E-state index contributed by atoms with van der Waals surface area (Å²) in [4.78, 5) is 0. The minimum absolute atomic E-state index is 0.0352. The summed E-state index contributed by atoms with van der Waals surface area (Å²) < 4.78 is 0. The van der Waals surface area contributed by atoms with Crippen LogP contribution >= 0.6 is 0 Å². The van der Waals surface area contributed by atoms with Crippen LogP contribution in [-0.2, 0) is 0 Å². The molecule has 0 aliphatic heterocycles. The molecule has 0 aromatic rings. The Bertz CT molecular complexity index is 469. The van der Waals surface area contributed by atoms with Crippen molar-refractivity contribution >= 4 is 0 Å². The molecule has 3 nitrogen and oxygen atoms in total. The SMILES string of the molecule is C[C@]12CC[C@H](O)C[C@@H]1CC[C@@H]1[C@@H]2CC[C@]2(C)[C@@H](NCCO)CC[C@@H]12. The third-order valence-electron chi connectivity index (χ3n) is 9.14. The van der Waals surface area contributed by atoms with Crippen LogP contribution in [0.5, 0.6) is 0 Å². The van der Waals surface area contributed by atoms with Crippen molar-refractivity contribution in [3.63, 3.8) is 0 Å². The number of aliphatic hydroxyl groups is 2. The Hall–Kier alpha value is -0.120. The van der Waals surface area contributed by atoms with E-state index >= 15 is 0 Å². The first-order valence-corrected chi connectivity index (χ1v) is 10.5. The fraction of sp³-hybridized carbons (Fsp3) is 1.00. The van der Waals surface area contributed by atoms with Gasteiger partial charge in [0.1, 0.15) is 0 Å². The van der Waals surface area contributed by atoms with Crippen LogP contribution < -0.4 is 5.32 Å². The largest absolute Gasteiger partial charge is 0.395 e. The van der Waals surface area contributed by atoms with Crippen molar-refractivity contribution in [2.24, 2.45) is 34.5 Å².